The molecular weight excluding hydrogens is 278 g/mol. The van der Waals surface area contributed by atoms with E-state index < -0.39 is 0 Å². The van der Waals surface area contributed by atoms with Crippen molar-refractivity contribution < 1.29 is 9.90 Å². The Labute approximate surface area is 131 Å². The molecule has 1 aromatic heterocycles. The highest BCUT2D eigenvalue weighted by Crippen LogP contribution is 2.14. The molecular formula is C17H23N3O2. The smallest absolute Gasteiger partial charge is 0.271 e. The van der Waals surface area contributed by atoms with Crippen LogP contribution < -0.4 is 5.32 Å². The van der Waals surface area contributed by atoms with Crippen molar-refractivity contribution in [1.29, 1.82) is 0 Å². The third-order valence-corrected chi connectivity index (χ3v) is 3.64. The van der Waals surface area contributed by atoms with Crippen molar-refractivity contribution in [2.24, 2.45) is 7.05 Å². The summed E-state index contributed by atoms with van der Waals surface area (Å²) in [6.07, 6.45) is 0.751. The van der Waals surface area contributed by atoms with Crippen molar-refractivity contribution in [3.63, 3.8) is 0 Å². The first-order valence-corrected chi connectivity index (χ1v) is 7.52. The average Bonchev–Trinajstić information content (AvgIpc) is 2.90. The second-order valence-electron chi connectivity index (χ2n) is 5.71. The number of carbonyl (C=O) groups excluding carboxylic acids is 1. The second-order valence-corrected chi connectivity index (χ2v) is 5.71. The maximum atomic E-state index is 12.1. The Morgan fingerprint density at radius 1 is 1.27 bits per heavy atom. The van der Waals surface area contributed by atoms with Crippen molar-refractivity contribution in [2.75, 3.05) is 6.54 Å². The zero-order valence-corrected chi connectivity index (χ0v) is 13.3. The summed E-state index contributed by atoms with van der Waals surface area (Å²) in [6, 6.07) is 9.57. The van der Waals surface area contributed by atoms with Gasteiger partial charge >= 0.3 is 0 Å². The van der Waals surface area contributed by atoms with Crippen molar-refractivity contribution >= 4 is 5.91 Å². The highest BCUT2D eigenvalue weighted by atomic mass is 16.3. The standard InChI is InChI=1S/C17H23N3O2/c1-12(2)16-10-15(19-20(16)3)17(22)18-9-8-13-4-6-14(11-21)7-5-13/h4-7,10,12,21H,8-9,11H2,1-3H3,(H,18,22). The lowest BCUT2D eigenvalue weighted by atomic mass is 10.1. The van der Waals surface area contributed by atoms with Gasteiger partial charge in [0, 0.05) is 19.3 Å². The van der Waals surface area contributed by atoms with Crippen LogP contribution in [0, 0.1) is 0 Å². The van der Waals surface area contributed by atoms with E-state index in [0.717, 1.165) is 23.2 Å². The molecule has 0 radical (unpaired) electrons. The third kappa shape index (κ3) is 3.95. The summed E-state index contributed by atoms with van der Waals surface area (Å²) in [7, 11) is 1.86. The van der Waals surface area contributed by atoms with Gasteiger partial charge in [0.2, 0.25) is 0 Å². The first-order valence-electron chi connectivity index (χ1n) is 7.52. The Morgan fingerprint density at radius 3 is 2.45 bits per heavy atom. The summed E-state index contributed by atoms with van der Waals surface area (Å²) in [5.74, 6) is 0.193. The summed E-state index contributed by atoms with van der Waals surface area (Å²) >= 11 is 0. The van der Waals surface area contributed by atoms with E-state index in [1.165, 1.54) is 0 Å². The fourth-order valence-corrected chi connectivity index (χ4v) is 2.36. The van der Waals surface area contributed by atoms with E-state index in [1.54, 1.807) is 4.68 Å². The fraction of sp³-hybridized carbons (Fsp3) is 0.412. The summed E-state index contributed by atoms with van der Waals surface area (Å²) in [5.41, 5.74) is 3.52. The van der Waals surface area contributed by atoms with Crippen LogP contribution in [0.2, 0.25) is 0 Å². The molecule has 0 aliphatic carbocycles. The largest absolute Gasteiger partial charge is 0.392 e. The summed E-state index contributed by atoms with van der Waals surface area (Å²) in [5, 5.41) is 16.1. The molecule has 1 aromatic carbocycles. The Balaban J connectivity index is 1.88. The Bertz CT molecular complexity index is 630. The molecule has 2 aromatic rings. The maximum absolute atomic E-state index is 12.1. The predicted octanol–water partition coefficient (Wildman–Crippen LogP) is 2.01. The van der Waals surface area contributed by atoms with Gasteiger partial charge in [-0.05, 0) is 29.5 Å². The molecule has 0 saturated carbocycles. The lowest BCUT2D eigenvalue weighted by molar-refractivity contribution is 0.0948. The van der Waals surface area contributed by atoms with Crippen LogP contribution in [0.4, 0.5) is 0 Å². The van der Waals surface area contributed by atoms with Gasteiger partial charge in [0.1, 0.15) is 5.69 Å². The minimum Gasteiger partial charge on any atom is -0.392 e. The molecule has 0 bridgehead atoms. The van der Waals surface area contributed by atoms with Gasteiger partial charge in [-0.2, -0.15) is 5.10 Å². The molecule has 2 N–H and O–H groups in total. The van der Waals surface area contributed by atoms with E-state index in [-0.39, 0.29) is 12.5 Å². The molecule has 0 fully saturated rings. The number of carbonyl (C=O) groups is 1. The van der Waals surface area contributed by atoms with Gasteiger partial charge in [0.15, 0.2) is 0 Å². The van der Waals surface area contributed by atoms with Crippen LogP contribution in [0.15, 0.2) is 30.3 Å². The lowest BCUT2D eigenvalue weighted by Crippen LogP contribution is -2.26. The average molecular weight is 301 g/mol. The number of nitrogens with one attached hydrogen (secondary N) is 1. The van der Waals surface area contributed by atoms with Gasteiger partial charge in [0.25, 0.3) is 5.91 Å². The van der Waals surface area contributed by atoms with Crippen LogP contribution in [0.3, 0.4) is 0 Å². The molecule has 0 aliphatic heterocycles. The molecule has 0 saturated heterocycles. The van der Waals surface area contributed by atoms with Gasteiger partial charge in [0.05, 0.1) is 6.61 Å². The Hall–Kier alpha value is -2.14. The van der Waals surface area contributed by atoms with Gasteiger partial charge in [-0.15, -0.1) is 0 Å². The van der Waals surface area contributed by atoms with E-state index in [1.807, 2.05) is 37.4 Å². The number of rotatable bonds is 6. The molecule has 0 unspecified atom stereocenters. The van der Waals surface area contributed by atoms with Gasteiger partial charge in [-0.25, -0.2) is 0 Å². The topological polar surface area (TPSA) is 67.2 Å². The maximum Gasteiger partial charge on any atom is 0.271 e. The number of aliphatic hydroxyl groups is 1. The first kappa shape index (κ1) is 16.2. The molecule has 2 rings (SSSR count). The predicted molar refractivity (Wildman–Crippen MR) is 85.7 cm³/mol. The monoisotopic (exact) mass is 301 g/mol. The highest BCUT2D eigenvalue weighted by Gasteiger charge is 2.14. The first-order chi connectivity index (χ1) is 10.5. The molecule has 118 valence electrons. The summed E-state index contributed by atoms with van der Waals surface area (Å²) in [6.45, 7) is 4.77. The Morgan fingerprint density at radius 2 is 1.91 bits per heavy atom. The van der Waals surface area contributed by atoms with E-state index in [4.69, 9.17) is 5.11 Å². The van der Waals surface area contributed by atoms with Crippen molar-refractivity contribution in [3.8, 4) is 0 Å². The minimum absolute atomic E-state index is 0.0505. The van der Waals surface area contributed by atoms with Crippen LogP contribution >= 0.6 is 0 Å². The fourth-order valence-electron chi connectivity index (χ4n) is 2.36. The normalized spacial score (nSPS) is 11.0. The van der Waals surface area contributed by atoms with Crippen LogP contribution in [0.25, 0.3) is 0 Å². The lowest BCUT2D eigenvalue weighted by Gasteiger charge is -2.04. The van der Waals surface area contributed by atoms with Crippen LogP contribution in [0.1, 0.15) is 47.1 Å². The molecule has 0 spiro atoms. The quantitative estimate of drug-likeness (QED) is 0.857. The third-order valence-electron chi connectivity index (χ3n) is 3.64. The Kier molecular flexibility index (Phi) is 5.33. The number of benzene rings is 1. The number of amides is 1. The number of nitrogens with zero attached hydrogens (tertiary/aromatic N) is 2. The SMILES string of the molecule is CC(C)c1cc(C(=O)NCCc2ccc(CO)cc2)nn1C. The molecule has 0 aliphatic rings. The van der Waals surface area contributed by atoms with Crippen molar-refractivity contribution in [2.45, 2.75) is 32.8 Å². The van der Waals surface area contributed by atoms with Gasteiger partial charge in [-0.3, -0.25) is 9.48 Å². The van der Waals surface area contributed by atoms with E-state index in [2.05, 4.69) is 24.3 Å². The van der Waals surface area contributed by atoms with Crippen molar-refractivity contribution in [3.05, 3.63) is 52.8 Å². The number of hydrogen-bond acceptors (Lipinski definition) is 3. The molecule has 1 amide bonds. The molecule has 0 atom stereocenters. The number of aliphatic hydroxyl groups excluding tert-OH is 1. The number of aromatic nitrogens is 2. The molecule has 5 heteroatoms. The zero-order valence-electron chi connectivity index (χ0n) is 13.3. The molecule has 22 heavy (non-hydrogen) atoms. The van der Waals surface area contributed by atoms with Gasteiger partial charge in [-0.1, -0.05) is 38.1 Å². The van der Waals surface area contributed by atoms with Crippen LogP contribution in [-0.4, -0.2) is 27.3 Å². The van der Waals surface area contributed by atoms with E-state index in [9.17, 15) is 4.79 Å². The summed E-state index contributed by atoms with van der Waals surface area (Å²) in [4.78, 5) is 12.1. The van der Waals surface area contributed by atoms with Crippen LogP contribution in [-0.2, 0) is 20.1 Å². The summed E-state index contributed by atoms with van der Waals surface area (Å²) < 4.78 is 1.76. The van der Waals surface area contributed by atoms with E-state index >= 15 is 0 Å². The molecule has 5 nitrogen and oxygen atoms in total. The molecule has 1 heterocycles. The van der Waals surface area contributed by atoms with E-state index in [0.29, 0.717) is 18.2 Å². The van der Waals surface area contributed by atoms with Gasteiger partial charge < -0.3 is 10.4 Å². The number of hydrogen-bond donors (Lipinski definition) is 2. The highest BCUT2D eigenvalue weighted by molar-refractivity contribution is 5.92. The van der Waals surface area contributed by atoms with Crippen molar-refractivity contribution in [1.82, 2.24) is 15.1 Å². The van der Waals surface area contributed by atoms with Crippen LogP contribution in [0.5, 0.6) is 0 Å². The number of aryl methyl sites for hydroxylation is 1. The zero-order chi connectivity index (χ0) is 16.1. The minimum atomic E-state index is -0.144. The second kappa shape index (κ2) is 7.22.